The highest BCUT2D eigenvalue weighted by molar-refractivity contribution is 7.09. The molecule has 1 atom stereocenters. The first-order valence-electron chi connectivity index (χ1n) is 7.12. The number of nitrogens with two attached hydrogens (primary N) is 1. The quantitative estimate of drug-likeness (QED) is 0.849. The van der Waals surface area contributed by atoms with Crippen LogP contribution >= 0.6 is 23.7 Å². The fourth-order valence-electron chi connectivity index (χ4n) is 2.16. The first-order valence-corrected chi connectivity index (χ1v) is 8.00. The molecular weight excluding hydrogens is 318 g/mol. The molecule has 2 aromatic rings. The van der Waals surface area contributed by atoms with Crippen LogP contribution < -0.4 is 11.1 Å². The number of thiazole rings is 1. The maximum absolute atomic E-state index is 12.4. The summed E-state index contributed by atoms with van der Waals surface area (Å²) in [5.74, 6) is 0.176. The lowest BCUT2D eigenvalue weighted by Crippen LogP contribution is -2.32. The van der Waals surface area contributed by atoms with Crippen molar-refractivity contribution in [2.45, 2.75) is 26.3 Å². The first kappa shape index (κ1) is 18.6. The number of aromatic nitrogens is 1. The topological polar surface area (TPSA) is 68.0 Å². The molecule has 1 aromatic carbocycles. The lowest BCUT2D eigenvalue weighted by molar-refractivity contribution is 0.0921. The van der Waals surface area contributed by atoms with E-state index in [1.807, 2.05) is 30.3 Å². The van der Waals surface area contributed by atoms with Crippen LogP contribution in [0.15, 0.2) is 35.7 Å². The van der Waals surface area contributed by atoms with Gasteiger partial charge in [-0.1, -0.05) is 44.2 Å². The van der Waals surface area contributed by atoms with E-state index in [2.05, 4.69) is 24.1 Å². The Labute approximate surface area is 141 Å². The molecule has 0 aliphatic rings. The van der Waals surface area contributed by atoms with Gasteiger partial charge in [0.1, 0.15) is 5.69 Å². The summed E-state index contributed by atoms with van der Waals surface area (Å²) in [5.41, 5.74) is 7.09. The van der Waals surface area contributed by atoms with Crippen molar-refractivity contribution in [1.82, 2.24) is 10.3 Å². The standard InChI is InChI=1S/C16H21N3OS.ClH/c1-11(2)15(12-6-4-3-5-7-12)19-16(20)13-10-21-14(18-13)8-9-17;/h3-7,10-11,15H,8-9,17H2,1-2H3,(H,19,20);1H. The van der Waals surface area contributed by atoms with Gasteiger partial charge in [-0.05, 0) is 18.0 Å². The van der Waals surface area contributed by atoms with Gasteiger partial charge in [0, 0.05) is 11.8 Å². The second-order valence-corrected chi connectivity index (χ2v) is 6.21. The SMILES string of the molecule is CC(C)C(NC(=O)c1csc(CCN)n1)c1ccccc1.Cl. The summed E-state index contributed by atoms with van der Waals surface area (Å²) in [6, 6.07) is 10.00. The first-order chi connectivity index (χ1) is 10.1. The molecule has 1 unspecified atom stereocenters. The van der Waals surface area contributed by atoms with Gasteiger partial charge in [-0.3, -0.25) is 4.79 Å². The molecule has 3 N–H and O–H groups in total. The van der Waals surface area contributed by atoms with E-state index >= 15 is 0 Å². The minimum absolute atomic E-state index is 0. The lowest BCUT2D eigenvalue weighted by Gasteiger charge is -2.22. The average Bonchev–Trinajstić information content (AvgIpc) is 2.94. The average molecular weight is 340 g/mol. The van der Waals surface area contributed by atoms with Crippen LogP contribution in [0, 0.1) is 5.92 Å². The van der Waals surface area contributed by atoms with Crippen LogP contribution in [0.3, 0.4) is 0 Å². The molecule has 0 fully saturated rings. The Morgan fingerprint density at radius 3 is 2.59 bits per heavy atom. The van der Waals surface area contributed by atoms with E-state index in [0.717, 1.165) is 10.6 Å². The Hall–Kier alpha value is -1.43. The summed E-state index contributed by atoms with van der Waals surface area (Å²) in [6.07, 6.45) is 0.713. The molecule has 0 saturated carbocycles. The van der Waals surface area contributed by atoms with E-state index in [1.165, 1.54) is 11.3 Å². The van der Waals surface area contributed by atoms with Crippen molar-refractivity contribution in [3.63, 3.8) is 0 Å². The minimum Gasteiger partial charge on any atom is -0.344 e. The number of carbonyl (C=O) groups excluding carboxylic acids is 1. The van der Waals surface area contributed by atoms with Crippen LogP contribution in [0.5, 0.6) is 0 Å². The Kier molecular flexibility index (Phi) is 7.51. The van der Waals surface area contributed by atoms with Crippen LogP contribution in [0.25, 0.3) is 0 Å². The Balaban J connectivity index is 0.00000242. The highest BCUT2D eigenvalue weighted by Gasteiger charge is 2.20. The third kappa shape index (κ3) is 4.80. The van der Waals surface area contributed by atoms with Crippen LogP contribution in [-0.2, 0) is 6.42 Å². The molecule has 0 spiro atoms. The highest BCUT2D eigenvalue weighted by Crippen LogP contribution is 2.22. The van der Waals surface area contributed by atoms with Gasteiger partial charge >= 0.3 is 0 Å². The van der Waals surface area contributed by atoms with Crippen LogP contribution in [0.1, 0.15) is 40.9 Å². The smallest absolute Gasteiger partial charge is 0.271 e. The zero-order valence-electron chi connectivity index (χ0n) is 12.8. The predicted octanol–water partition coefficient (Wildman–Crippen LogP) is 3.19. The fraction of sp³-hybridized carbons (Fsp3) is 0.375. The molecule has 0 bridgehead atoms. The number of hydrogen-bond donors (Lipinski definition) is 2. The number of nitrogens with zero attached hydrogens (tertiary/aromatic N) is 1. The van der Waals surface area contributed by atoms with Crippen LogP contribution in [0.2, 0.25) is 0 Å². The number of rotatable bonds is 6. The van der Waals surface area contributed by atoms with Crippen LogP contribution in [0.4, 0.5) is 0 Å². The minimum atomic E-state index is -0.128. The van der Waals surface area contributed by atoms with E-state index < -0.39 is 0 Å². The van der Waals surface area contributed by atoms with Gasteiger partial charge in [0.2, 0.25) is 0 Å². The molecular formula is C16H22ClN3OS. The second kappa shape index (κ2) is 8.88. The lowest BCUT2D eigenvalue weighted by atomic mass is 9.96. The van der Waals surface area contributed by atoms with E-state index in [4.69, 9.17) is 5.73 Å². The molecule has 2 rings (SSSR count). The third-order valence-corrected chi connectivity index (χ3v) is 4.16. The summed E-state index contributed by atoms with van der Waals surface area (Å²) in [4.78, 5) is 16.7. The van der Waals surface area contributed by atoms with Crippen molar-refractivity contribution < 1.29 is 4.79 Å². The number of amides is 1. The van der Waals surface area contributed by atoms with Crippen molar-refractivity contribution >= 4 is 29.7 Å². The van der Waals surface area contributed by atoms with Crippen molar-refractivity contribution in [2.75, 3.05) is 6.54 Å². The van der Waals surface area contributed by atoms with Gasteiger partial charge in [-0.15, -0.1) is 23.7 Å². The Morgan fingerprint density at radius 1 is 1.32 bits per heavy atom. The van der Waals surface area contributed by atoms with Crippen molar-refractivity contribution in [3.05, 3.63) is 52.0 Å². The number of halogens is 1. The zero-order chi connectivity index (χ0) is 15.2. The van der Waals surface area contributed by atoms with E-state index in [-0.39, 0.29) is 24.4 Å². The predicted molar refractivity (Wildman–Crippen MR) is 93.6 cm³/mol. The van der Waals surface area contributed by atoms with Crippen molar-refractivity contribution in [1.29, 1.82) is 0 Å². The van der Waals surface area contributed by atoms with Gasteiger partial charge in [-0.2, -0.15) is 0 Å². The van der Waals surface area contributed by atoms with Crippen molar-refractivity contribution in [3.8, 4) is 0 Å². The summed E-state index contributed by atoms with van der Waals surface area (Å²) < 4.78 is 0. The summed E-state index contributed by atoms with van der Waals surface area (Å²) in [6.45, 7) is 4.74. The molecule has 120 valence electrons. The van der Waals surface area contributed by atoms with Gasteiger partial charge < -0.3 is 11.1 Å². The molecule has 0 saturated heterocycles. The van der Waals surface area contributed by atoms with Gasteiger partial charge in [0.25, 0.3) is 5.91 Å². The molecule has 0 aliphatic carbocycles. The zero-order valence-corrected chi connectivity index (χ0v) is 14.4. The monoisotopic (exact) mass is 339 g/mol. The van der Waals surface area contributed by atoms with E-state index in [0.29, 0.717) is 24.6 Å². The highest BCUT2D eigenvalue weighted by atomic mass is 35.5. The molecule has 22 heavy (non-hydrogen) atoms. The van der Waals surface area contributed by atoms with Gasteiger partial charge in [0.05, 0.1) is 11.0 Å². The summed E-state index contributed by atoms with van der Waals surface area (Å²) >= 11 is 1.48. The summed E-state index contributed by atoms with van der Waals surface area (Å²) in [7, 11) is 0. The third-order valence-electron chi connectivity index (χ3n) is 3.25. The number of carbonyl (C=O) groups is 1. The van der Waals surface area contributed by atoms with Crippen molar-refractivity contribution in [2.24, 2.45) is 11.7 Å². The van der Waals surface area contributed by atoms with Crippen LogP contribution in [-0.4, -0.2) is 17.4 Å². The normalized spacial score (nSPS) is 11.8. The fourth-order valence-corrected chi connectivity index (χ4v) is 2.96. The molecule has 1 amide bonds. The number of hydrogen-bond acceptors (Lipinski definition) is 4. The number of benzene rings is 1. The van der Waals surface area contributed by atoms with E-state index in [1.54, 1.807) is 5.38 Å². The molecule has 0 radical (unpaired) electrons. The Morgan fingerprint density at radius 2 is 2.00 bits per heavy atom. The molecule has 4 nitrogen and oxygen atoms in total. The molecule has 6 heteroatoms. The second-order valence-electron chi connectivity index (χ2n) is 5.27. The summed E-state index contributed by atoms with van der Waals surface area (Å²) in [5, 5.41) is 5.78. The van der Waals surface area contributed by atoms with Gasteiger partial charge in [0.15, 0.2) is 0 Å². The number of nitrogens with one attached hydrogen (secondary N) is 1. The van der Waals surface area contributed by atoms with Gasteiger partial charge in [-0.25, -0.2) is 4.98 Å². The Bertz CT molecular complexity index is 586. The maximum atomic E-state index is 12.4. The largest absolute Gasteiger partial charge is 0.344 e. The molecule has 0 aliphatic heterocycles. The molecule has 1 aromatic heterocycles. The van der Waals surface area contributed by atoms with E-state index in [9.17, 15) is 4.79 Å². The molecule has 1 heterocycles. The maximum Gasteiger partial charge on any atom is 0.271 e.